The van der Waals surface area contributed by atoms with E-state index < -0.39 is 4.92 Å². The fourth-order valence-electron chi connectivity index (χ4n) is 1.27. The molecule has 1 aromatic carbocycles. The summed E-state index contributed by atoms with van der Waals surface area (Å²) >= 11 is 7.80. The standard InChI is InChI=1S/C11H6Br2N2O2S/c12-7-2-1-3-9(4-7)18-11-10(15(16)17)5-8(13)6-14-11/h1-6H. The molecule has 0 aliphatic rings. The fourth-order valence-corrected chi connectivity index (χ4v) is 3.04. The molecule has 0 saturated heterocycles. The van der Waals surface area contributed by atoms with Crippen LogP contribution in [0.5, 0.6) is 0 Å². The molecular weight excluding hydrogens is 384 g/mol. The van der Waals surface area contributed by atoms with Gasteiger partial charge in [-0.25, -0.2) is 4.98 Å². The maximum absolute atomic E-state index is 11.0. The number of rotatable bonds is 3. The number of pyridine rings is 1. The Hall–Kier alpha value is -0.920. The van der Waals surface area contributed by atoms with Gasteiger partial charge in [-0.1, -0.05) is 33.8 Å². The van der Waals surface area contributed by atoms with E-state index in [2.05, 4.69) is 36.8 Å². The Balaban J connectivity index is 2.37. The summed E-state index contributed by atoms with van der Waals surface area (Å²) in [5, 5.41) is 11.3. The first-order valence-electron chi connectivity index (χ1n) is 4.79. The highest BCUT2D eigenvalue weighted by Crippen LogP contribution is 2.35. The molecule has 0 bridgehead atoms. The Labute approximate surface area is 124 Å². The van der Waals surface area contributed by atoms with Crippen LogP contribution in [0.3, 0.4) is 0 Å². The fraction of sp³-hybridized carbons (Fsp3) is 0. The van der Waals surface area contributed by atoms with E-state index in [1.807, 2.05) is 24.3 Å². The molecule has 0 radical (unpaired) electrons. The van der Waals surface area contributed by atoms with Crippen LogP contribution in [-0.4, -0.2) is 9.91 Å². The normalized spacial score (nSPS) is 10.3. The van der Waals surface area contributed by atoms with Crippen LogP contribution < -0.4 is 0 Å². The average Bonchev–Trinajstić information content (AvgIpc) is 2.31. The van der Waals surface area contributed by atoms with Crippen molar-refractivity contribution in [3.63, 3.8) is 0 Å². The number of hydrogen-bond acceptors (Lipinski definition) is 4. The van der Waals surface area contributed by atoms with Crippen LogP contribution in [0.15, 0.2) is 55.4 Å². The molecular formula is C11H6Br2N2O2S. The van der Waals surface area contributed by atoms with Crippen molar-refractivity contribution in [2.75, 3.05) is 0 Å². The van der Waals surface area contributed by atoms with Crippen molar-refractivity contribution < 1.29 is 4.92 Å². The van der Waals surface area contributed by atoms with Gasteiger partial charge in [0.15, 0.2) is 5.03 Å². The zero-order chi connectivity index (χ0) is 13.1. The van der Waals surface area contributed by atoms with Gasteiger partial charge in [-0.15, -0.1) is 0 Å². The molecule has 2 rings (SSSR count). The number of benzene rings is 1. The molecule has 0 unspecified atom stereocenters. The molecule has 7 heteroatoms. The summed E-state index contributed by atoms with van der Waals surface area (Å²) in [7, 11) is 0. The Morgan fingerprint density at radius 3 is 2.67 bits per heavy atom. The summed E-state index contributed by atoms with van der Waals surface area (Å²) in [4.78, 5) is 15.5. The Bertz CT molecular complexity index is 607. The van der Waals surface area contributed by atoms with Crippen LogP contribution in [0.2, 0.25) is 0 Å². The van der Waals surface area contributed by atoms with Crippen molar-refractivity contribution in [3.05, 3.63) is 55.6 Å². The molecule has 4 nitrogen and oxygen atoms in total. The highest BCUT2D eigenvalue weighted by molar-refractivity contribution is 9.10. The zero-order valence-electron chi connectivity index (χ0n) is 8.84. The van der Waals surface area contributed by atoms with E-state index in [1.54, 1.807) is 6.20 Å². The molecule has 0 amide bonds. The molecule has 92 valence electrons. The van der Waals surface area contributed by atoms with Gasteiger partial charge in [-0.2, -0.15) is 0 Å². The maximum Gasteiger partial charge on any atom is 0.302 e. The van der Waals surface area contributed by atoms with E-state index in [0.717, 1.165) is 9.37 Å². The van der Waals surface area contributed by atoms with Gasteiger partial charge in [0.1, 0.15) is 0 Å². The second-order valence-corrected chi connectivity index (χ2v) is 6.19. The molecule has 0 aliphatic carbocycles. The molecule has 0 N–H and O–H groups in total. The molecule has 0 aliphatic heterocycles. The number of nitro groups is 1. The number of hydrogen-bond donors (Lipinski definition) is 0. The third-order valence-electron chi connectivity index (χ3n) is 2.01. The Morgan fingerprint density at radius 2 is 2.00 bits per heavy atom. The summed E-state index contributed by atoms with van der Waals surface area (Å²) in [5.74, 6) is 0. The quantitative estimate of drug-likeness (QED) is 0.565. The van der Waals surface area contributed by atoms with E-state index in [4.69, 9.17) is 0 Å². The van der Waals surface area contributed by atoms with Crippen LogP contribution in [-0.2, 0) is 0 Å². The molecule has 0 spiro atoms. The third kappa shape index (κ3) is 3.30. The van der Waals surface area contributed by atoms with E-state index in [-0.39, 0.29) is 5.69 Å². The summed E-state index contributed by atoms with van der Waals surface area (Å²) in [5.41, 5.74) is -0.00523. The van der Waals surface area contributed by atoms with Gasteiger partial charge in [-0.3, -0.25) is 10.1 Å². The molecule has 0 fully saturated rings. The molecule has 18 heavy (non-hydrogen) atoms. The predicted octanol–water partition coefficient (Wildman–Crippen LogP) is 4.67. The smallest absolute Gasteiger partial charge is 0.258 e. The highest BCUT2D eigenvalue weighted by atomic mass is 79.9. The largest absolute Gasteiger partial charge is 0.302 e. The summed E-state index contributed by atoms with van der Waals surface area (Å²) in [6.07, 6.45) is 1.55. The zero-order valence-corrected chi connectivity index (χ0v) is 12.8. The summed E-state index contributed by atoms with van der Waals surface area (Å²) in [6, 6.07) is 8.99. The lowest BCUT2D eigenvalue weighted by Crippen LogP contribution is -1.93. The molecule has 0 atom stereocenters. The van der Waals surface area contributed by atoms with E-state index in [1.165, 1.54) is 17.8 Å². The van der Waals surface area contributed by atoms with Gasteiger partial charge in [0, 0.05) is 26.1 Å². The topological polar surface area (TPSA) is 56.0 Å². The van der Waals surface area contributed by atoms with Gasteiger partial charge in [-0.05, 0) is 34.1 Å². The van der Waals surface area contributed by atoms with E-state index >= 15 is 0 Å². The van der Waals surface area contributed by atoms with Crippen LogP contribution in [0, 0.1) is 10.1 Å². The molecule has 2 aromatic rings. The second-order valence-electron chi connectivity index (χ2n) is 3.29. The van der Waals surface area contributed by atoms with Crippen LogP contribution in [0.4, 0.5) is 5.69 Å². The second kappa shape index (κ2) is 5.81. The average molecular weight is 390 g/mol. The Morgan fingerprint density at radius 1 is 1.22 bits per heavy atom. The van der Waals surface area contributed by atoms with Gasteiger partial charge in [0.05, 0.1) is 4.92 Å². The van der Waals surface area contributed by atoms with Gasteiger partial charge in [0.2, 0.25) is 0 Å². The summed E-state index contributed by atoms with van der Waals surface area (Å²) < 4.78 is 1.51. The first kappa shape index (κ1) is 13.5. The minimum atomic E-state index is -0.432. The lowest BCUT2D eigenvalue weighted by molar-refractivity contribution is -0.388. The van der Waals surface area contributed by atoms with Crippen molar-refractivity contribution in [1.82, 2.24) is 4.98 Å². The van der Waals surface area contributed by atoms with Crippen LogP contribution in [0.25, 0.3) is 0 Å². The minimum absolute atomic E-state index is 0.00523. The number of aromatic nitrogens is 1. The van der Waals surface area contributed by atoms with E-state index in [9.17, 15) is 10.1 Å². The number of nitrogens with zero attached hydrogens (tertiary/aromatic N) is 2. The van der Waals surface area contributed by atoms with Gasteiger partial charge < -0.3 is 0 Å². The highest BCUT2D eigenvalue weighted by Gasteiger charge is 2.17. The van der Waals surface area contributed by atoms with Crippen molar-refractivity contribution in [2.45, 2.75) is 9.92 Å². The maximum atomic E-state index is 11.0. The molecule has 1 aromatic heterocycles. The molecule has 0 saturated carbocycles. The van der Waals surface area contributed by atoms with E-state index in [0.29, 0.717) is 9.50 Å². The van der Waals surface area contributed by atoms with Crippen molar-refractivity contribution in [3.8, 4) is 0 Å². The first-order valence-corrected chi connectivity index (χ1v) is 7.20. The monoisotopic (exact) mass is 388 g/mol. The lowest BCUT2D eigenvalue weighted by atomic mass is 10.4. The van der Waals surface area contributed by atoms with Crippen LogP contribution in [0.1, 0.15) is 0 Å². The minimum Gasteiger partial charge on any atom is -0.258 e. The summed E-state index contributed by atoms with van der Waals surface area (Å²) in [6.45, 7) is 0. The predicted molar refractivity (Wildman–Crippen MR) is 76.9 cm³/mol. The van der Waals surface area contributed by atoms with Gasteiger partial charge in [0.25, 0.3) is 0 Å². The van der Waals surface area contributed by atoms with Gasteiger partial charge >= 0.3 is 5.69 Å². The Kier molecular flexibility index (Phi) is 4.36. The van der Waals surface area contributed by atoms with Crippen LogP contribution >= 0.6 is 43.6 Å². The SMILES string of the molecule is O=[N+]([O-])c1cc(Br)cnc1Sc1cccc(Br)c1. The van der Waals surface area contributed by atoms with Crippen molar-refractivity contribution in [2.24, 2.45) is 0 Å². The molecule has 1 heterocycles. The first-order chi connectivity index (χ1) is 8.56. The van der Waals surface area contributed by atoms with Crippen molar-refractivity contribution in [1.29, 1.82) is 0 Å². The van der Waals surface area contributed by atoms with Crippen molar-refractivity contribution >= 4 is 49.3 Å². The number of halogens is 2. The lowest BCUT2D eigenvalue weighted by Gasteiger charge is -2.03. The third-order valence-corrected chi connectivity index (χ3v) is 3.93.